The second-order valence-corrected chi connectivity index (χ2v) is 7.10. The molecule has 2 amide bonds. The Hall–Kier alpha value is -3.35. The average Bonchev–Trinajstić information content (AvgIpc) is 3.09. The van der Waals surface area contributed by atoms with Crippen LogP contribution < -0.4 is 15.0 Å². The summed E-state index contributed by atoms with van der Waals surface area (Å²) in [5.41, 5.74) is 1.48. The number of nitrogens with zero attached hydrogens (tertiary/aromatic N) is 1. The second kappa shape index (κ2) is 8.77. The number of methoxy groups -OCH3 is 1. The molecule has 1 N–H and O–H groups in total. The first-order valence-electron chi connectivity index (χ1n) is 9.44. The quantitative estimate of drug-likeness (QED) is 0.758. The van der Waals surface area contributed by atoms with E-state index >= 15 is 0 Å². The fourth-order valence-electron chi connectivity index (χ4n) is 3.24. The van der Waals surface area contributed by atoms with Gasteiger partial charge < -0.3 is 19.7 Å². The molecule has 1 aliphatic heterocycles. The van der Waals surface area contributed by atoms with Gasteiger partial charge >= 0.3 is 5.97 Å². The fourth-order valence-corrected chi connectivity index (χ4v) is 3.24. The molecule has 0 saturated carbocycles. The molecule has 3 rings (SSSR count). The van der Waals surface area contributed by atoms with E-state index in [1.807, 2.05) is 38.1 Å². The lowest BCUT2D eigenvalue weighted by atomic mass is 10.1. The number of amides is 2. The second-order valence-electron chi connectivity index (χ2n) is 7.10. The molecule has 0 aliphatic carbocycles. The lowest BCUT2D eigenvalue weighted by Gasteiger charge is -2.21. The highest BCUT2D eigenvalue weighted by Gasteiger charge is 2.36. The number of carbonyl (C=O) groups excluding carboxylic acids is 3. The van der Waals surface area contributed by atoms with Crippen molar-refractivity contribution >= 4 is 29.2 Å². The van der Waals surface area contributed by atoms with Crippen molar-refractivity contribution in [2.24, 2.45) is 5.92 Å². The molecular formula is C22H24N2O5. The Kier molecular flexibility index (Phi) is 6.16. The van der Waals surface area contributed by atoms with Crippen LogP contribution in [0.2, 0.25) is 0 Å². The van der Waals surface area contributed by atoms with Crippen molar-refractivity contribution in [1.29, 1.82) is 0 Å². The molecule has 152 valence electrons. The first kappa shape index (κ1) is 20.4. The van der Waals surface area contributed by atoms with Gasteiger partial charge in [0.25, 0.3) is 0 Å². The summed E-state index contributed by atoms with van der Waals surface area (Å²) in [5.74, 6) is -0.775. The van der Waals surface area contributed by atoms with Gasteiger partial charge in [0.2, 0.25) is 11.8 Å². The molecule has 7 nitrogen and oxygen atoms in total. The number of anilines is 2. The molecule has 0 aromatic heterocycles. The molecule has 29 heavy (non-hydrogen) atoms. The van der Waals surface area contributed by atoms with E-state index in [0.29, 0.717) is 22.7 Å². The maximum atomic E-state index is 12.7. The van der Waals surface area contributed by atoms with Crippen LogP contribution >= 0.6 is 0 Å². The molecule has 1 atom stereocenters. The van der Waals surface area contributed by atoms with Crippen LogP contribution in [0.1, 0.15) is 30.6 Å². The van der Waals surface area contributed by atoms with Gasteiger partial charge in [-0.05, 0) is 44.2 Å². The van der Waals surface area contributed by atoms with Gasteiger partial charge in [0.1, 0.15) is 5.75 Å². The topological polar surface area (TPSA) is 84.9 Å². The Morgan fingerprint density at radius 1 is 1.14 bits per heavy atom. The zero-order chi connectivity index (χ0) is 21.0. The van der Waals surface area contributed by atoms with Gasteiger partial charge in [-0.25, -0.2) is 4.79 Å². The lowest BCUT2D eigenvalue weighted by Crippen LogP contribution is -2.28. The van der Waals surface area contributed by atoms with Gasteiger partial charge in [-0.3, -0.25) is 9.59 Å². The van der Waals surface area contributed by atoms with Crippen LogP contribution in [-0.4, -0.2) is 37.5 Å². The van der Waals surface area contributed by atoms with E-state index in [1.54, 1.807) is 29.2 Å². The number of hydrogen-bond donors (Lipinski definition) is 1. The van der Waals surface area contributed by atoms with Gasteiger partial charge in [0.15, 0.2) is 0 Å². The van der Waals surface area contributed by atoms with E-state index in [4.69, 9.17) is 9.47 Å². The van der Waals surface area contributed by atoms with Gasteiger partial charge in [0, 0.05) is 18.7 Å². The van der Waals surface area contributed by atoms with Crippen molar-refractivity contribution in [1.82, 2.24) is 0 Å². The largest absolute Gasteiger partial charge is 0.489 e. The van der Waals surface area contributed by atoms with Crippen molar-refractivity contribution in [3.05, 3.63) is 54.1 Å². The minimum Gasteiger partial charge on any atom is -0.489 e. The van der Waals surface area contributed by atoms with Crippen LogP contribution in [-0.2, 0) is 14.3 Å². The monoisotopic (exact) mass is 396 g/mol. The molecule has 0 radical (unpaired) electrons. The SMILES string of the molecule is COC(=O)c1cccc(NC(=O)C2CC(=O)N(c3ccccc3OC(C)C)C2)c1. The summed E-state index contributed by atoms with van der Waals surface area (Å²) in [6, 6.07) is 13.8. The van der Waals surface area contributed by atoms with E-state index in [0.717, 1.165) is 0 Å². The Morgan fingerprint density at radius 3 is 2.62 bits per heavy atom. The van der Waals surface area contributed by atoms with Crippen LogP contribution in [0.4, 0.5) is 11.4 Å². The predicted molar refractivity (Wildman–Crippen MR) is 109 cm³/mol. The predicted octanol–water partition coefficient (Wildman–Crippen LogP) is 3.25. The first-order valence-corrected chi connectivity index (χ1v) is 9.44. The van der Waals surface area contributed by atoms with E-state index in [2.05, 4.69) is 5.32 Å². The number of esters is 1. The van der Waals surface area contributed by atoms with Crippen molar-refractivity contribution in [2.75, 3.05) is 23.9 Å². The number of para-hydroxylation sites is 2. The fraction of sp³-hybridized carbons (Fsp3) is 0.318. The number of ether oxygens (including phenoxy) is 2. The molecule has 1 saturated heterocycles. The van der Waals surface area contributed by atoms with Crippen LogP contribution in [0.15, 0.2) is 48.5 Å². The molecular weight excluding hydrogens is 372 g/mol. The summed E-state index contributed by atoms with van der Waals surface area (Å²) >= 11 is 0. The highest BCUT2D eigenvalue weighted by atomic mass is 16.5. The van der Waals surface area contributed by atoms with Gasteiger partial charge in [-0.2, -0.15) is 0 Å². The maximum Gasteiger partial charge on any atom is 0.337 e. The third kappa shape index (κ3) is 4.74. The minimum atomic E-state index is -0.503. The molecule has 1 fully saturated rings. The summed E-state index contributed by atoms with van der Waals surface area (Å²) in [7, 11) is 1.30. The molecule has 0 bridgehead atoms. The molecule has 1 unspecified atom stereocenters. The zero-order valence-electron chi connectivity index (χ0n) is 16.7. The molecule has 2 aromatic carbocycles. The summed E-state index contributed by atoms with van der Waals surface area (Å²) in [6.07, 6.45) is 0.0773. The van der Waals surface area contributed by atoms with Crippen molar-refractivity contribution in [2.45, 2.75) is 26.4 Å². The molecule has 7 heteroatoms. The molecule has 2 aromatic rings. The van der Waals surface area contributed by atoms with E-state index < -0.39 is 11.9 Å². The molecule has 1 heterocycles. The summed E-state index contributed by atoms with van der Waals surface area (Å²) in [6.45, 7) is 4.10. The van der Waals surface area contributed by atoms with Gasteiger partial charge in [-0.15, -0.1) is 0 Å². The average molecular weight is 396 g/mol. The number of nitrogens with one attached hydrogen (secondary N) is 1. The van der Waals surface area contributed by atoms with Crippen LogP contribution in [0.5, 0.6) is 5.75 Å². The summed E-state index contributed by atoms with van der Waals surface area (Å²) in [5, 5.41) is 2.79. The van der Waals surface area contributed by atoms with E-state index in [1.165, 1.54) is 7.11 Å². The Labute approximate surface area is 169 Å². The minimum absolute atomic E-state index is 0.0324. The Morgan fingerprint density at radius 2 is 1.90 bits per heavy atom. The lowest BCUT2D eigenvalue weighted by molar-refractivity contribution is -0.122. The number of hydrogen-bond acceptors (Lipinski definition) is 5. The summed E-state index contributed by atoms with van der Waals surface area (Å²) < 4.78 is 10.5. The number of carbonyl (C=O) groups is 3. The van der Waals surface area contributed by atoms with Crippen LogP contribution in [0, 0.1) is 5.92 Å². The molecule has 0 spiro atoms. The zero-order valence-corrected chi connectivity index (χ0v) is 16.7. The van der Waals surface area contributed by atoms with E-state index in [-0.39, 0.29) is 30.9 Å². The smallest absolute Gasteiger partial charge is 0.337 e. The third-order valence-electron chi connectivity index (χ3n) is 4.57. The normalized spacial score (nSPS) is 16.1. The third-order valence-corrected chi connectivity index (χ3v) is 4.57. The van der Waals surface area contributed by atoms with Gasteiger partial charge in [0.05, 0.1) is 30.4 Å². The number of rotatable bonds is 6. The Bertz CT molecular complexity index is 925. The van der Waals surface area contributed by atoms with Crippen molar-refractivity contribution in [3.8, 4) is 5.75 Å². The van der Waals surface area contributed by atoms with Crippen LogP contribution in [0.3, 0.4) is 0 Å². The Balaban J connectivity index is 1.72. The highest BCUT2D eigenvalue weighted by molar-refractivity contribution is 6.04. The maximum absolute atomic E-state index is 12.7. The highest BCUT2D eigenvalue weighted by Crippen LogP contribution is 2.34. The van der Waals surface area contributed by atoms with Crippen molar-refractivity contribution in [3.63, 3.8) is 0 Å². The standard InChI is InChI=1S/C22H24N2O5/c1-14(2)29-19-10-5-4-9-18(19)24-13-16(12-20(24)25)21(26)23-17-8-6-7-15(11-17)22(27)28-3/h4-11,14,16H,12-13H2,1-3H3,(H,23,26). The van der Waals surface area contributed by atoms with Crippen molar-refractivity contribution < 1.29 is 23.9 Å². The number of benzene rings is 2. The molecule has 1 aliphatic rings. The first-order chi connectivity index (χ1) is 13.9. The van der Waals surface area contributed by atoms with Crippen LogP contribution in [0.25, 0.3) is 0 Å². The summed E-state index contributed by atoms with van der Waals surface area (Å²) in [4.78, 5) is 38.6. The van der Waals surface area contributed by atoms with E-state index in [9.17, 15) is 14.4 Å². The van der Waals surface area contributed by atoms with Gasteiger partial charge in [-0.1, -0.05) is 18.2 Å².